The van der Waals surface area contributed by atoms with Crippen LogP contribution in [0.3, 0.4) is 0 Å². The maximum atomic E-state index is 13.0. The Morgan fingerprint density at radius 1 is 0.328 bits per heavy atom. The molecule has 3 heterocycles. The summed E-state index contributed by atoms with van der Waals surface area (Å²) in [4.78, 5) is 138. The van der Waals surface area contributed by atoms with Crippen LogP contribution in [0.2, 0.25) is 0 Å². The first-order valence-corrected chi connectivity index (χ1v) is 20.6. The van der Waals surface area contributed by atoms with Crippen molar-refractivity contribution in [3.63, 3.8) is 0 Å². The van der Waals surface area contributed by atoms with Crippen molar-refractivity contribution in [1.82, 2.24) is 16.0 Å². The van der Waals surface area contributed by atoms with Gasteiger partial charge in [-0.25, -0.2) is 0 Å². The molecule has 3 aliphatic heterocycles. The van der Waals surface area contributed by atoms with E-state index in [1.54, 1.807) is 0 Å². The maximum absolute atomic E-state index is 13.0. The van der Waals surface area contributed by atoms with Crippen LogP contribution in [0.1, 0.15) is 76.2 Å². The van der Waals surface area contributed by atoms with Gasteiger partial charge in [0, 0.05) is 76.2 Å². The van der Waals surface area contributed by atoms with Crippen LogP contribution in [-0.4, -0.2) is 177 Å². The van der Waals surface area contributed by atoms with Crippen molar-refractivity contribution in [2.24, 2.45) is 0 Å². The average molecular weight is 964 g/mol. The van der Waals surface area contributed by atoms with Crippen molar-refractivity contribution in [3.05, 3.63) is 0 Å². The SMILES string of the molecule is CC(=O)NC1C(OC(C)=O)OC(COC(C)=O)[C@@H](O[C@@H]2OC(COC(C)=O)[C@@H](O[C@@H]3OC(COC(C)=O)[C@@H](OC(C)=O)[C@H](OC(C)=O)C3NC(C)=O)[C@H](OC(C)=O)C2NC(C)=O)[C@@H]1OC(C)=O. The van der Waals surface area contributed by atoms with Gasteiger partial charge in [0.1, 0.15) is 68.5 Å². The minimum atomic E-state index is -1.90. The Bertz CT molecular complexity index is 1860. The van der Waals surface area contributed by atoms with E-state index < -0.39 is 177 Å². The Morgan fingerprint density at radius 2 is 0.582 bits per heavy atom. The van der Waals surface area contributed by atoms with Gasteiger partial charge in [-0.05, 0) is 0 Å². The summed E-state index contributed by atoms with van der Waals surface area (Å²) in [6.45, 7) is 9.36. The predicted octanol–water partition coefficient (Wildman–Crippen LogP) is -2.58. The molecule has 0 saturated carbocycles. The third-order valence-electron chi connectivity index (χ3n) is 9.47. The number of carbonyl (C=O) groups is 11. The topological polar surface area (TPSA) is 344 Å². The molecule has 3 rings (SSSR count). The van der Waals surface area contributed by atoms with Gasteiger partial charge in [-0.1, -0.05) is 0 Å². The third kappa shape index (κ3) is 17.0. The number of nitrogens with one attached hydrogen (secondary N) is 3. The van der Waals surface area contributed by atoms with Gasteiger partial charge in [-0.3, -0.25) is 52.7 Å². The summed E-state index contributed by atoms with van der Waals surface area (Å²) in [6.07, 6.45) is -20.3. The van der Waals surface area contributed by atoms with Gasteiger partial charge in [-0.15, -0.1) is 0 Å². The normalized spacial score (nSPS) is 31.2. The first-order chi connectivity index (χ1) is 31.3. The quantitative estimate of drug-likeness (QED) is 0.0938. The van der Waals surface area contributed by atoms with E-state index in [0.717, 1.165) is 76.2 Å². The van der Waals surface area contributed by atoms with Gasteiger partial charge < -0.3 is 77.5 Å². The largest absolute Gasteiger partial charge is 0.463 e. The molecule has 27 nitrogen and oxygen atoms in total. The van der Waals surface area contributed by atoms with Gasteiger partial charge in [0.15, 0.2) is 37.0 Å². The molecule has 0 bridgehead atoms. The highest BCUT2D eigenvalue weighted by molar-refractivity contribution is 5.75. The first kappa shape index (κ1) is 55.3. The molecular weight excluding hydrogens is 906 g/mol. The second kappa shape index (κ2) is 25.2. The van der Waals surface area contributed by atoms with Crippen molar-refractivity contribution in [1.29, 1.82) is 0 Å². The van der Waals surface area contributed by atoms with E-state index in [1.165, 1.54) is 0 Å². The molecule has 0 aliphatic carbocycles. The van der Waals surface area contributed by atoms with E-state index in [-0.39, 0.29) is 0 Å². The molecule has 3 amide bonds. The molecule has 27 heteroatoms. The summed E-state index contributed by atoms with van der Waals surface area (Å²) in [5.74, 6) is -9.50. The molecule has 0 aromatic heterocycles. The van der Waals surface area contributed by atoms with Crippen molar-refractivity contribution in [2.45, 2.75) is 168 Å². The predicted molar refractivity (Wildman–Crippen MR) is 212 cm³/mol. The molecule has 0 aromatic rings. The Labute approximate surface area is 383 Å². The van der Waals surface area contributed by atoms with Gasteiger partial charge in [-0.2, -0.15) is 0 Å². The van der Waals surface area contributed by atoms with Crippen LogP contribution < -0.4 is 16.0 Å². The van der Waals surface area contributed by atoms with Crippen LogP contribution >= 0.6 is 0 Å². The number of hydrogen-bond donors (Lipinski definition) is 3. The van der Waals surface area contributed by atoms with Gasteiger partial charge in [0.2, 0.25) is 24.0 Å². The molecular formula is C40H57N3O24. The second-order valence-corrected chi connectivity index (χ2v) is 15.3. The first-order valence-electron chi connectivity index (χ1n) is 20.6. The lowest BCUT2D eigenvalue weighted by Gasteiger charge is -2.51. The highest BCUT2D eigenvalue weighted by atomic mass is 16.8. The second-order valence-electron chi connectivity index (χ2n) is 15.3. The lowest BCUT2D eigenvalue weighted by Crippen LogP contribution is -2.72. The summed E-state index contributed by atoms with van der Waals surface area (Å²) in [6, 6.07) is -4.82. The summed E-state index contributed by atoms with van der Waals surface area (Å²) >= 11 is 0. The van der Waals surface area contributed by atoms with E-state index in [0.29, 0.717) is 0 Å². The fourth-order valence-electron chi connectivity index (χ4n) is 7.34. The Hall–Kier alpha value is -6.03. The Balaban J connectivity index is 2.31. The Kier molecular flexibility index (Phi) is 20.8. The molecule has 0 aromatic carbocycles. The summed E-state index contributed by atoms with van der Waals surface area (Å²) in [5.41, 5.74) is 0. The van der Waals surface area contributed by atoms with Crippen LogP contribution in [0.25, 0.3) is 0 Å². The van der Waals surface area contributed by atoms with Crippen molar-refractivity contribution < 1.29 is 114 Å². The summed E-state index contributed by atoms with van der Waals surface area (Å²) in [7, 11) is 0. The van der Waals surface area contributed by atoms with Gasteiger partial charge in [0.05, 0.1) is 0 Å². The van der Waals surface area contributed by atoms with Crippen LogP contribution in [0.4, 0.5) is 0 Å². The molecule has 3 aliphatic rings. The lowest BCUT2D eigenvalue weighted by atomic mass is 9.93. The van der Waals surface area contributed by atoms with Crippen LogP contribution in [-0.2, 0) is 114 Å². The number of hydrogen-bond acceptors (Lipinski definition) is 24. The minimum Gasteiger partial charge on any atom is -0.463 e. The summed E-state index contributed by atoms with van der Waals surface area (Å²) in [5, 5.41) is 7.57. The van der Waals surface area contributed by atoms with Crippen LogP contribution in [0.5, 0.6) is 0 Å². The van der Waals surface area contributed by atoms with Gasteiger partial charge >= 0.3 is 47.8 Å². The molecule has 3 saturated heterocycles. The zero-order valence-electron chi connectivity index (χ0n) is 38.6. The van der Waals surface area contributed by atoms with E-state index in [4.69, 9.17) is 61.6 Å². The summed E-state index contributed by atoms with van der Waals surface area (Å²) < 4.78 is 74.9. The van der Waals surface area contributed by atoms with E-state index in [9.17, 15) is 52.7 Å². The highest BCUT2D eigenvalue weighted by Crippen LogP contribution is 2.36. The zero-order valence-corrected chi connectivity index (χ0v) is 38.6. The van der Waals surface area contributed by atoms with Gasteiger partial charge in [0.25, 0.3) is 0 Å². The monoisotopic (exact) mass is 963 g/mol. The number of ether oxygens (including phenoxy) is 13. The Morgan fingerprint density at radius 3 is 0.866 bits per heavy atom. The van der Waals surface area contributed by atoms with Crippen LogP contribution in [0.15, 0.2) is 0 Å². The number of esters is 8. The fraction of sp³-hybridized carbons (Fsp3) is 0.725. The number of carbonyl (C=O) groups excluding carboxylic acids is 11. The van der Waals surface area contributed by atoms with E-state index in [2.05, 4.69) is 16.0 Å². The average Bonchev–Trinajstić information content (AvgIpc) is 3.17. The molecule has 3 N–H and O–H groups in total. The lowest BCUT2D eigenvalue weighted by molar-refractivity contribution is -0.352. The minimum absolute atomic E-state index is 0.646. The van der Waals surface area contributed by atoms with Crippen LogP contribution in [0, 0.1) is 0 Å². The molecule has 3 fully saturated rings. The zero-order chi connectivity index (χ0) is 50.4. The molecule has 0 radical (unpaired) electrons. The molecule has 376 valence electrons. The van der Waals surface area contributed by atoms with E-state index in [1.807, 2.05) is 0 Å². The maximum Gasteiger partial charge on any atom is 0.305 e. The molecule has 15 atom stereocenters. The number of rotatable bonds is 18. The molecule has 67 heavy (non-hydrogen) atoms. The smallest absolute Gasteiger partial charge is 0.305 e. The number of amides is 3. The third-order valence-corrected chi connectivity index (χ3v) is 9.47. The highest BCUT2D eigenvalue weighted by Gasteiger charge is 2.58. The van der Waals surface area contributed by atoms with Crippen molar-refractivity contribution in [3.8, 4) is 0 Å². The molecule has 0 spiro atoms. The molecule has 7 unspecified atom stereocenters. The van der Waals surface area contributed by atoms with Crippen molar-refractivity contribution >= 4 is 65.5 Å². The fourth-order valence-corrected chi connectivity index (χ4v) is 7.34. The van der Waals surface area contributed by atoms with Crippen molar-refractivity contribution in [2.75, 3.05) is 19.8 Å². The van der Waals surface area contributed by atoms with E-state index >= 15 is 0 Å². The standard InChI is InChI=1S/C40H57N3O24/c1-15(44)41-29-36(60-23(9)52)33(27(13-56-19(5)48)63-38(29)62-25(11)54)66-40-31(43-17(3)46)37(61-24(10)53)34(28(65-40)14-57-20(6)49)67-39-30(42-16(2)45)35(59-22(8)51)32(58-21(7)50)26(64-39)12-55-18(4)47/h26-40H,12-14H2,1-11H3,(H,41,44)(H,42,45)(H,43,46)/t26?,27?,28?,29?,30?,31?,32-,33-,34-,35-,36-,37-,38?,39+,40+/m1/s1.